The molecule has 2 aromatic carbocycles. The second kappa shape index (κ2) is 10.8. The minimum atomic E-state index is -0.260. The second-order valence-corrected chi connectivity index (χ2v) is 9.06. The van der Waals surface area contributed by atoms with E-state index < -0.39 is 0 Å². The van der Waals surface area contributed by atoms with Crippen molar-refractivity contribution >= 4 is 11.8 Å². The lowest BCUT2D eigenvalue weighted by Crippen LogP contribution is -2.41. The predicted octanol–water partition coefficient (Wildman–Crippen LogP) is 3.34. The summed E-state index contributed by atoms with van der Waals surface area (Å²) in [6.45, 7) is 1.85. The summed E-state index contributed by atoms with van der Waals surface area (Å²) in [7, 11) is 4.89. The van der Waals surface area contributed by atoms with E-state index >= 15 is 0 Å². The molecule has 2 heterocycles. The Kier molecular flexibility index (Phi) is 7.60. The molecule has 34 heavy (non-hydrogen) atoms. The van der Waals surface area contributed by atoms with Crippen LogP contribution in [0.4, 0.5) is 0 Å². The molecule has 0 radical (unpaired) electrons. The zero-order valence-corrected chi connectivity index (χ0v) is 20.3. The van der Waals surface area contributed by atoms with Gasteiger partial charge in [-0.05, 0) is 61.1 Å². The molecule has 2 atom stereocenters. The fourth-order valence-corrected chi connectivity index (χ4v) is 5.10. The van der Waals surface area contributed by atoms with Crippen molar-refractivity contribution in [2.45, 2.75) is 38.1 Å². The summed E-state index contributed by atoms with van der Waals surface area (Å²) in [6.07, 6.45) is 3.81. The standard InChI is InChI=1S/C27H34N2O5/c1-32-23-8-4-6-20(15-23)14-22-7-5-12-29(22)27(31)21-17-26(30)28(18-21)13-11-19-9-10-24(33-2)25(16-19)34-3/h4,6,8-10,15-16,21-22H,5,7,11-14,17-18H2,1-3H3. The Morgan fingerprint density at radius 3 is 2.59 bits per heavy atom. The van der Waals surface area contributed by atoms with Crippen LogP contribution in [0.3, 0.4) is 0 Å². The van der Waals surface area contributed by atoms with Gasteiger partial charge in [0.25, 0.3) is 0 Å². The molecule has 7 nitrogen and oxygen atoms in total. The Hall–Kier alpha value is -3.22. The highest BCUT2D eigenvalue weighted by molar-refractivity contribution is 5.89. The first-order valence-electron chi connectivity index (χ1n) is 11.9. The van der Waals surface area contributed by atoms with Gasteiger partial charge in [-0.25, -0.2) is 0 Å². The van der Waals surface area contributed by atoms with Crippen LogP contribution in [0.25, 0.3) is 0 Å². The summed E-state index contributed by atoms with van der Waals surface area (Å²) in [5.41, 5.74) is 2.24. The molecule has 0 aromatic heterocycles. The number of hydrogen-bond acceptors (Lipinski definition) is 5. The normalized spacial score (nSPS) is 20.0. The van der Waals surface area contributed by atoms with Crippen molar-refractivity contribution in [1.82, 2.24) is 9.80 Å². The van der Waals surface area contributed by atoms with Gasteiger partial charge in [-0.15, -0.1) is 0 Å². The molecule has 2 aliphatic heterocycles. The number of carbonyl (C=O) groups is 2. The molecule has 4 rings (SSSR count). The summed E-state index contributed by atoms with van der Waals surface area (Å²) in [4.78, 5) is 29.9. The minimum Gasteiger partial charge on any atom is -0.497 e. The van der Waals surface area contributed by atoms with Crippen LogP contribution in [0.5, 0.6) is 17.2 Å². The lowest BCUT2D eigenvalue weighted by Gasteiger charge is -2.27. The van der Waals surface area contributed by atoms with Gasteiger partial charge in [-0.2, -0.15) is 0 Å². The largest absolute Gasteiger partial charge is 0.497 e. The van der Waals surface area contributed by atoms with Gasteiger partial charge in [-0.1, -0.05) is 18.2 Å². The average Bonchev–Trinajstić information content (AvgIpc) is 3.48. The topological polar surface area (TPSA) is 68.3 Å². The van der Waals surface area contributed by atoms with Gasteiger partial charge in [0.15, 0.2) is 11.5 Å². The maximum atomic E-state index is 13.4. The van der Waals surface area contributed by atoms with Crippen LogP contribution in [0.2, 0.25) is 0 Å². The summed E-state index contributed by atoms with van der Waals surface area (Å²) in [6, 6.07) is 14.0. The number of amides is 2. The molecule has 182 valence electrons. The number of likely N-dealkylation sites (tertiary alicyclic amines) is 2. The van der Waals surface area contributed by atoms with Crippen LogP contribution in [0.15, 0.2) is 42.5 Å². The zero-order valence-electron chi connectivity index (χ0n) is 20.3. The fraction of sp³-hybridized carbons (Fsp3) is 0.481. The highest BCUT2D eigenvalue weighted by Gasteiger charge is 2.39. The third-order valence-electron chi connectivity index (χ3n) is 6.95. The Balaban J connectivity index is 1.35. The number of ether oxygens (including phenoxy) is 3. The van der Waals surface area contributed by atoms with E-state index in [1.54, 1.807) is 21.3 Å². The van der Waals surface area contributed by atoms with Gasteiger partial charge in [0.2, 0.25) is 11.8 Å². The number of benzene rings is 2. The van der Waals surface area contributed by atoms with E-state index in [4.69, 9.17) is 14.2 Å². The van der Waals surface area contributed by atoms with E-state index in [2.05, 4.69) is 6.07 Å². The molecule has 2 fully saturated rings. The third-order valence-corrected chi connectivity index (χ3v) is 6.95. The molecule has 2 unspecified atom stereocenters. The first kappa shape index (κ1) is 23.9. The lowest BCUT2D eigenvalue weighted by atomic mass is 10.0. The summed E-state index contributed by atoms with van der Waals surface area (Å²) >= 11 is 0. The van der Waals surface area contributed by atoms with Crippen LogP contribution >= 0.6 is 0 Å². The molecule has 0 N–H and O–H groups in total. The maximum Gasteiger partial charge on any atom is 0.228 e. The van der Waals surface area contributed by atoms with E-state index in [1.807, 2.05) is 46.2 Å². The number of nitrogens with zero attached hydrogens (tertiary/aromatic N) is 2. The highest BCUT2D eigenvalue weighted by Crippen LogP contribution is 2.30. The highest BCUT2D eigenvalue weighted by atomic mass is 16.5. The fourth-order valence-electron chi connectivity index (χ4n) is 5.10. The molecule has 0 spiro atoms. The summed E-state index contributed by atoms with van der Waals surface area (Å²) in [5.74, 6) is 2.11. The van der Waals surface area contributed by atoms with Crippen LogP contribution in [-0.4, -0.2) is 68.6 Å². The number of rotatable bonds is 9. The van der Waals surface area contributed by atoms with Crippen LogP contribution < -0.4 is 14.2 Å². The first-order chi connectivity index (χ1) is 16.5. The summed E-state index contributed by atoms with van der Waals surface area (Å²) in [5, 5.41) is 0. The van der Waals surface area contributed by atoms with Crippen molar-refractivity contribution in [1.29, 1.82) is 0 Å². The van der Waals surface area contributed by atoms with Crippen LogP contribution in [0.1, 0.15) is 30.4 Å². The first-order valence-corrected chi connectivity index (χ1v) is 11.9. The Labute approximate surface area is 201 Å². The lowest BCUT2D eigenvalue weighted by molar-refractivity contribution is -0.136. The molecule has 2 aromatic rings. The molecule has 0 saturated carbocycles. The second-order valence-electron chi connectivity index (χ2n) is 9.06. The smallest absolute Gasteiger partial charge is 0.228 e. The SMILES string of the molecule is COc1cccc(CC2CCCN2C(=O)C2CC(=O)N(CCc3ccc(OC)c(OC)c3)C2)c1. The number of carbonyl (C=O) groups excluding carboxylic acids is 2. The Morgan fingerprint density at radius 2 is 1.82 bits per heavy atom. The summed E-state index contributed by atoms with van der Waals surface area (Å²) < 4.78 is 16.0. The van der Waals surface area contributed by atoms with Gasteiger partial charge in [0.05, 0.1) is 27.2 Å². The average molecular weight is 467 g/mol. The van der Waals surface area contributed by atoms with Crippen molar-refractivity contribution in [3.8, 4) is 17.2 Å². The predicted molar refractivity (Wildman–Crippen MR) is 129 cm³/mol. The van der Waals surface area contributed by atoms with Crippen molar-refractivity contribution in [3.63, 3.8) is 0 Å². The van der Waals surface area contributed by atoms with Crippen LogP contribution in [0, 0.1) is 5.92 Å². The van der Waals surface area contributed by atoms with Gasteiger partial charge in [0, 0.05) is 32.1 Å². The maximum absolute atomic E-state index is 13.4. The molecular formula is C27H34N2O5. The van der Waals surface area contributed by atoms with Crippen LogP contribution in [-0.2, 0) is 22.4 Å². The van der Waals surface area contributed by atoms with E-state index in [0.29, 0.717) is 37.4 Å². The molecule has 2 saturated heterocycles. The molecule has 0 aliphatic carbocycles. The van der Waals surface area contributed by atoms with E-state index in [1.165, 1.54) is 5.56 Å². The van der Waals surface area contributed by atoms with E-state index in [0.717, 1.165) is 37.1 Å². The van der Waals surface area contributed by atoms with E-state index in [-0.39, 0.29) is 23.8 Å². The Morgan fingerprint density at radius 1 is 1.00 bits per heavy atom. The molecule has 2 amide bonds. The minimum absolute atomic E-state index is 0.0577. The third kappa shape index (κ3) is 5.29. The van der Waals surface area contributed by atoms with Crippen molar-refractivity contribution in [3.05, 3.63) is 53.6 Å². The molecule has 7 heteroatoms. The quantitative estimate of drug-likeness (QED) is 0.567. The van der Waals surface area contributed by atoms with Gasteiger partial charge in [-0.3, -0.25) is 9.59 Å². The van der Waals surface area contributed by atoms with Crippen molar-refractivity contribution in [2.24, 2.45) is 5.92 Å². The number of hydrogen-bond donors (Lipinski definition) is 0. The molecule has 2 aliphatic rings. The van der Waals surface area contributed by atoms with Crippen molar-refractivity contribution in [2.75, 3.05) is 41.0 Å². The zero-order chi connectivity index (χ0) is 24.1. The van der Waals surface area contributed by atoms with Crippen molar-refractivity contribution < 1.29 is 23.8 Å². The van der Waals surface area contributed by atoms with Gasteiger partial charge in [0.1, 0.15) is 5.75 Å². The van der Waals surface area contributed by atoms with E-state index in [9.17, 15) is 9.59 Å². The molecule has 0 bridgehead atoms. The Bertz CT molecular complexity index is 1020. The number of methoxy groups -OCH3 is 3. The molecular weight excluding hydrogens is 432 g/mol. The van der Waals surface area contributed by atoms with Gasteiger partial charge < -0.3 is 24.0 Å². The van der Waals surface area contributed by atoms with Gasteiger partial charge >= 0.3 is 0 Å². The monoisotopic (exact) mass is 466 g/mol.